The van der Waals surface area contributed by atoms with Gasteiger partial charge in [-0.3, -0.25) is 9.59 Å². The Labute approximate surface area is 141 Å². The van der Waals surface area contributed by atoms with E-state index in [4.69, 9.17) is 0 Å². The third-order valence-corrected chi connectivity index (χ3v) is 4.45. The molecule has 0 bridgehead atoms. The number of aromatic nitrogens is 3. The molecule has 1 atom stereocenters. The molecule has 2 aromatic rings. The molecular formula is C17H23N5O2. The Balaban J connectivity index is 1.66. The number of amides is 2. The maximum Gasteiger partial charge on any atom is 0.239 e. The van der Waals surface area contributed by atoms with E-state index < -0.39 is 0 Å². The third-order valence-electron chi connectivity index (χ3n) is 4.45. The quantitative estimate of drug-likeness (QED) is 0.863. The first-order valence-electron chi connectivity index (χ1n) is 8.40. The Hall–Kier alpha value is -2.44. The van der Waals surface area contributed by atoms with Crippen LogP contribution >= 0.6 is 0 Å². The normalized spacial score (nSPS) is 16.1. The van der Waals surface area contributed by atoms with Gasteiger partial charge in [0.2, 0.25) is 11.8 Å². The van der Waals surface area contributed by atoms with Gasteiger partial charge in [0.1, 0.15) is 5.52 Å². The molecule has 0 unspecified atom stereocenters. The number of carbonyl (C=O) groups excluding carboxylic acids is 2. The SMILES string of the molecule is CC(C)[C@H](Cn1nnc2ccccc21)NC(=O)CN1CCCC1=O. The summed E-state index contributed by atoms with van der Waals surface area (Å²) in [7, 11) is 0. The molecule has 1 aromatic heterocycles. The summed E-state index contributed by atoms with van der Waals surface area (Å²) >= 11 is 0. The molecule has 3 rings (SSSR count). The number of hydrogen-bond acceptors (Lipinski definition) is 4. The smallest absolute Gasteiger partial charge is 0.239 e. The minimum atomic E-state index is -0.117. The zero-order chi connectivity index (χ0) is 17.1. The van der Waals surface area contributed by atoms with E-state index in [1.165, 1.54) is 0 Å². The first-order chi connectivity index (χ1) is 11.5. The van der Waals surface area contributed by atoms with E-state index in [1.807, 2.05) is 28.9 Å². The van der Waals surface area contributed by atoms with Crippen LogP contribution in [0.2, 0.25) is 0 Å². The number of para-hydroxylation sites is 1. The van der Waals surface area contributed by atoms with E-state index in [0.717, 1.165) is 17.5 Å². The van der Waals surface area contributed by atoms with Crippen LogP contribution in [0.5, 0.6) is 0 Å². The molecule has 0 aliphatic carbocycles. The van der Waals surface area contributed by atoms with Gasteiger partial charge in [-0.25, -0.2) is 4.68 Å². The van der Waals surface area contributed by atoms with Gasteiger partial charge in [-0.05, 0) is 24.5 Å². The fraction of sp³-hybridized carbons (Fsp3) is 0.529. The molecule has 2 heterocycles. The van der Waals surface area contributed by atoms with E-state index in [2.05, 4.69) is 29.5 Å². The van der Waals surface area contributed by atoms with Crippen LogP contribution in [0, 0.1) is 5.92 Å². The van der Waals surface area contributed by atoms with Gasteiger partial charge in [0, 0.05) is 13.0 Å². The first kappa shape index (κ1) is 16.4. The summed E-state index contributed by atoms with van der Waals surface area (Å²) in [6, 6.07) is 7.69. The molecule has 1 saturated heterocycles. The maximum atomic E-state index is 12.3. The summed E-state index contributed by atoms with van der Waals surface area (Å²) in [5, 5.41) is 11.4. The number of benzene rings is 1. The lowest BCUT2D eigenvalue weighted by molar-refractivity contribution is -0.133. The Bertz CT molecular complexity index is 739. The number of hydrogen-bond donors (Lipinski definition) is 1. The molecule has 1 aliphatic heterocycles. The van der Waals surface area contributed by atoms with E-state index in [0.29, 0.717) is 19.5 Å². The van der Waals surface area contributed by atoms with Crippen molar-refractivity contribution in [2.75, 3.05) is 13.1 Å². The molecule has 0 radical (unpaired) electrons. The van der Waals surface area contributed by atoms with Crippen molar-refractivity contribution in [2.24, 2.45) is 5.92 Å². The topological polar surface area (TPSA) is 80.1 Å². The number of rotatable bonds is 6. The van der Waals surface area contributed by atoms with Crippen molar-refractivity contribution in [2.45, 2.75) is 39.3 Å². The van der Waals surface area contributed by atoms with Crippen molar-refractivity contribution in [3.05, 3.63) is 24.3 Å². The van der Waals surface area contributed by atoms with Gasteiger partial charge in [-0.2, -0.15) is 0 Å². The zero-order valence-corrected chi connectivity index (χ0v) is 14.1. The van der Waals surface area contributed by atoms with Crippen LogP contribution in [-0.4, -0.2) is 50.8 Å². The van der Waals surface area contributed by atoms with Gasteiger partial charge in [-0.1, -0.05) is 31.2 Å². The molecule has 24 heavy (non-hydrogen) atoms. The predicted octanol–water partition coefficient (Wildman–Crippen LogP) is 1.19. The van der Waals surface area contributed by atoms with Crippen molar-refractivity contribution >= 4 is 22.8 Å². The predicted molar refractivity (Wildman–Crippen MR) is 90.1 cm³/mol. The lowest BCUT2D eigenvalue weighted by atomic mass is 10.0. The van der Waals surface area contributed by atoms with Gasteiger partial charge in [0.05, 0.1) is 24.6 Å². The molecule has 0 spiro atoms. The summed E-state index contributed by atoms with van der Waals surface area (Å²) < 4.78 is 1.82. The van der Waals surface area contributed by atoms with Gasteiger partial charge in [0.15, 0.2) is 0 Å². The highest BCUT2D eigenvalue weighted by molar-refractivity contribution is 5.86. The second kappa shape index (κ2) is 6.98. The zero-order valence-electron chi connectivity index (χ0n) is 14.1. The third kappa shape index (κ3) is 3.55. The van der Waals surface area contributed by atoms with Gasteiger partial charge >= 0.3 is 0 Å². The molecule has 1 fully saturated rings. The molecule has 7 nitrogen and oxygen atoms in total. The Morgan fingerprint density at radius 3 is 2.83 bits per heavy atom. The number of nitrogens with zero attached hydrogens (tertiary/aromatic N) is 4. The van der Waals surface area contributed by atoms with E-state index in [1.54, 1.807) is 4.90 Å². The van der Waals surface area contributed by atoms with Crippen LogP contribution in [0.25, 0.3) is 11.0 Å². The number of fused-ring (bicyclic) bond motifs is 1. The molecule has 1 aliphatic rings. The minimum absolute atomic E-state index is 0.0634. The molecule has 1 aromatic carbocycles. The molecular weight excluding hydrogens is 306 g/mol. The highest BCUT2D eigenvalue weighted by Crippen LogP contribution is 2.13. The highest BCUT2D eigenvalue weighted by Gasteiger charge is 2.24. The fourth-order valence-electron chi connectivity index (χ4n) is 2.96. The maximum absolute atomic E-state index is 12.3. The van der Waals surface area contributed by atoms with Crippen molar-refractivity contribution in [1.29, 1.82) is 0 Å². The number of likely N-dealkylation sites (tertiary alicyclic amines) is 1. The van der Waals surface area contributed by atoms with Crippen LogP contribution < -0.4 is 5.32 Å². The monoisotopic (exact) mass is 329 g/mol. The van der Waals surface area contributed by atoms with Gasteiger partial charge in [-0.15, -0.1) is 5.10 Å². The standard InChI is InChI=1S/C17H23N5O2/c1-12(2)14(18-16(23)11-21-9-5-8-17(21)24)10-22-15-7-4-3-6-13(15)19-20-22/h3-4,6-7,12,14H,5,8-11H2,1-2H3,(H,18,23)/t14-/m0/s1. The Morgan fingerprint density at radius 1 is 1.33 bits per heavy atom. The van der Waals surface area contributed by atoms with Crippen LogP contribution in [0.1, 0.15) is 26.7 Å². The number of carbonyl (C=O) groups is 2. The van der Waals surface area contributed by atoms with Crippen LogP contribution in [0.15, 0.2) is 24.3 Å². The van der Waals surface area contributed by atoms with Crippen LogP contribution in [0.3, 0.4) is 0 Å². The van der Waals surface area contributed by atoms with E-state index >= 15 is 0 Å². The fourth-order valence-corrected chi connectivity index (χ4v) is 2.96. The lowest BCUT2D eigenvalue weighted by Crippen LogP contribution is -2.46. The molecule has 2 amide bonds. The Morgan fingerprint density at radius 2 is 2.12 bits per heavy atom. The van der Waals surface area contributed by atoms with Gasteiger partial charge < -0.3 is 10.2 Å². The number of nitrogens with one attached hydrogen (secondary N) is 1. The second-order valence-electron chi connectivity index (χ2n) is 6.60. The van der Waals surface area contributed by atoms with Crippen molar-refractivity contribution < 1.29 is 9.59 Å². The van der Waals surface area contributed by atoms with Crippen molar-refractivity contribution in [1.82, 2.24) is 25.2 Å². The van der Waals surface area contributed by atoms with E-state index in [9.17, 15) is 9.59 Å². The molecule has 128 valence electrons. The first-order valence-corrected chi connectivity index (χ1v) is 8.40. The van der Waals surface area contributed by atoms with Gasteiger partial charge in [0.25, 0.3) is 0 Å². The van der Waals surface area contributed by atoms with Crippen molar-refractivity contribution in [3.8, 4) is 0 Å². The molecule has 1 N–H and O–H groups in total. The molecule has 0 saturated carbocycles. The lowest BCUT2D eigenvalue weighted by Gasteiger charge is -2.24. The summed E-state index contributed by atoms with van der Waals surface area (Å²) in [4.78, 5) is 25.6. The highest BCUT2D eigenvalue weighted by atomic mass is 16.2. The Kier molecular flexibility index (Phi) is 4.78. The summed E-state index contributed by atoms with van der Waals surface area (Å²) in [6.07, 6.45) is 1.39. The van der Waals surface area contributed by atoms with Crippen molar-refractivity contribution in [3.63, 3.8) is 0 Å². The van der Waals surface area contributed by atoms with E-state index in [-0.39, 0.29) is 30.3 Å². The average Bonchev–Trinajstić information content (AvgIpc) is 3.14. The minimum Gasteiger partial charge on any atom is -0.350 e. The summed E-state index contributed by atoms with van der Waals surface area (Å²) in [5.41, 5.74) is 1.79. The largest absolute Gasteiger partial charge is 0.350 e. The second-order valence-corrected chi connectivity index (χ2v) is 6.60. The average molecular weight is 329 g/mol. The summed E-state index contributed by atoms with van der Waals surface area (Å²) in [6.45, 7) is 5.49. The molecule has 7 heteroatoms. The van der Waals surface area contributed by atoms with Crippen LogP contribution in [-0.2, 0) is 16.1 Å². The summed E-state index contributed by atoms with van der Waals surface area (Å²) in [5.74, 6) is 0.188. The van der Waals surface area contributed by atoms with Crippen LogP contribution in [0.4, 0.5) is 0 Å².